The maximum Gasteiger partial charge on any atom is 0.290 e. The SMILES string of the molecule is O=c1ncn(Cc2ccc(Cl)cc2)c2cc(-c3ccc(-c4ccccc4)cc3)sc12. The molecule has 0 atom stereocenters. The molecule has 3 aromatic carbocycles. The number of benzene rings is 3. The molecule has 30 heavy (non-hydrogen) atoms. The lowest BCUT2D eigenvalue weighted by Gasteiger charge is -2.07. The van der Waals surface area contributed by atoms with Gasteiger partial charge in [-0.3, -0.25) is 4.79 Å². The first-order valence-electron chi connectivity index (χ1n) is 9.57. The molecule has 5 heteroatoms. The summed E-state index contributed by atoms with van der Waals surface area (Å²) < 4.78 is 2.69. The van der Waals surface area contributed by atoms with Crippen molar-refractivity contribution in [3.05, 3.63) is 112 Å². The van der Waals surface area contributed by atoms with Crippen molar-refractivity contribution in [1.29, 1.82) is 0 Å². The Labute approximate surface area is 182 Å². The first kappa shape index (κ1) is 18.8. The molecule has 0 N–H and O–H groups in total. The molecule has 0 spiro atoms. The van der Waals surface area contributed by atoms with Gasteiger partial charge in [0.2, 0.25) is 0 Å². The molecule has 0 amide bonds. The summed E-state index contributed by atoms with van der Waals surface area (Å²) in [5, 5.41) is 0.707. The van der Waals surface area contributed by atoms with Gasteiger partial charge in [0, 0.05) is 16.4 Å². The molecule has 0 aliphatic heterocycles. The molecule has 0 bridgehead atoms. The van der Waals surface area contributed by atoms with Crippen molar-refractivity contribution in [2.24, 2.45) is 0 Å². The Bertz CT molecular complexity index is 1370. The summed E-state index contributed by atoms with van der Waals surface area (Å²) in [6.45, 7) is 0.629. The average Bonchev–Trinajstić information content (AvgIpc) is 3.25. The van der Waals surface area contributed by atoms with Crippen LogP contribution in [-0.4, -0.2) is 9.55 Å². The van der Waals surface area contributed by atoms with Gasteiger partial charge in [0.05, 0.1) is 11.8 Å². The summed E-state index contributed by atoms with van der Waals surface area (Å²) in [6, 6.07) is 28.5. The van der Waals surface area contributed by atoms with Gasteiger partial charge in [0.15, 0.2) is 0 Å². The molecule has 3 nitrogen and oxygen atoms in total. The molecule has 0 aliphatic rings. The van der Waals surface area contributed by atoms with Crippen molar-refractivity contribution in [3.8, 4) is 21.6 Å². The minimum Gasteiger partial charge on any atom is -0.326 e. The fourth-order valence-corrected chi connectivity index (χ4v) is 4.69. The number of thiophene rings is 1. The number of halogens is 1. The van der Waals surface area contributed by atoms with Crippen LogP contribution < -0.4 is 5.56 Å². The van der Waals surface area contributed by atoms with Crippen LogP contribution in [0.1, 0.15) is 5.56 Å². The smallest absolute Gasteiger partial charge is 0.290 e. The van der Waals surface area contributed by atoms with Gasteiger partial charge < -0.3 is 4.57 Å². The largest absolute Gasteiger partial charge is 0.326 e. The van der Waals surface area contributed by atoms with Crippen molar-refractivity contribution >= 4 is 33.2 Å². The van der Waals surface area contributed by atoms with E-state index in [0.29, 0.717) is 16.3 Å². The van der Waals surface area contributed by atoms with Gasteiger partial charge in [-0.25, -0.2) is 0 Å². The van der Waals surface area contributed by atoms with Gasteiger partial charge in [0.25, 0.3) is 5.56 Å². The fraction of sp³-hybridized carbons (Fsp3) is 0.0400. The van der Waals surface area contributed by atoms with Crippen LogP contribution in [-0.2, 0) is 6.54 Å². The predicted octanol–water partition coefficient (Wildman–Crippen LogP) is 6.49. The molecule has 2 aromatic heterocycles. The zero-order valence-corrected chi connectivity index (χ0v) is 17.5. The van der Waals surface area contributed by atoms with E-state index in [9.17, 15) is 4.79 Å². The highest BCUT2D eigenvalue weighted by Crippen LogP contribution is 2.33. The minimum absolute atomic E-state index is 0.186. The number of hydrogen-bond acceptors (Lipinski definition) is 3. The van der Waals surface area contributed by atoms with Crippen LogP contribution in [0.25, 0.3) is 31.8 Å². The van der Waals surface area contributed by atoms with Crippen LogP contribution in [0, 0.1) is 0 Å². The van der Waals surface area contributed by atoms with Crippen LogP contribution in [0.5, 0.6) is 0 Å². The molecule has 0 aliphatic carbocycles. The lowest BCUT2D eigenvalue weighted by molar-refractivity contribution is 0.800. The van der Waals surface area contributed by atoms with Crippen molar-refractivity contribution in [2.45, 2.75) is 6.54 Å². The molecule has 0 saturated carbocycles. The molecule has 2 heterocycles. The highest BCUT2D eigenvalue weighted by atomic mass is 35.5. The molecule has 5 aromatic rings. The normalized spacial score (nSPS) is 11.1. The summed E-state index contributed by atoms with van der Waals surface area (Å²) >= 11 is 7.48. The highest BCUT2D eigenvalue weighted by Gasteiger charge is 2.11. The third-order valence-electron chi connectivity index (χ3n) is 5.07. The van der Waals surface area contributed by atoms with E-state index in [0.717, 1.165) is 21.5 Å². The molecule has 5 rings (SSSR count). The maximum absolute atomic E-state index is 12.4. The van der Waals surface area contributed by atoms with Crippen molar-refractivity contribution < 1.29 is 0 Å². The zero-order chi connectivity index (χ0) is 20.5. The van der Waals surface area contributed by atoms with E-state index in [1.165, 1.54) is 22.5 Å². The van der Waals surface area contributed by atoms with Gasteiger partial charge in [-0.05, 0) is 40.5 Å². The Morgan fingerprint density at radius 3 is 2.23 bits per heavy atom. The average molecular weight is 429 g/mol. The maximum atomic E-state index is 12.4. The lowest BCUT2D eigenvalue weighted by atomic mass is 10.0. The molecule has 0 saturated heterocycles. The lowest BCUT2D eigenvalue weighted by Crippen LogP contribution is -2.11. The van der Waals surface area contributed by atoms with E-state index in [4.69, 9.17) is 11.6 Å². The Morgan fingerprint density at radius 2 is 1.50 bits per heavy atom. The van der Waals surface area contributed by atoms with Gasteiger partial charge in [-0.15, -0.1) is 11.3 Å². The highest BCUT2D eigenvalue weighted by molar-refractivity contribution is 7.22. The fourth-order valence-electron chi connectivity index (χ4n) is 3.50. The Kier molecular flexibility index (Phi) is 4.95. The Balaban J connectivity index is 1.52. The number of fused-ring (bicyclic) bond motifs is 1. The Hall–Kier alpha value is -3.21. The van der Waals surface area contributed by atoms with Crippen LogP contribution in [0.3, 0.4) is 0 Å². The van der Waals surface area contributed by atoms with E-state index in [1.54, 1.807) is 6.33 Å². The molecular weight excluding hydrogens is 412 g/mol. The second-order valence-electron chi connectivity index (χ2n) is 7.07. The van der Waals surface area contributed by atoms with E-state index in [1.807, 2.05) is 47.0 Å². The summed E-state index contributed by atoms with van der Waals surface area (Å²) in [5.41, 5.74) is 5.27. The number of rotatable bonds is 4. The van der Waals surface area contributed by atoms with Crippen molar-refractivity contribution in [3.63, 3.8) is 0 Å². The quantitative estimate of drug-likeness (QED) is 0.327. The minimum atomic E-state index is -0.186. The van der Waals surface area contributed by atoms with Crippen LogP contribution in [0.4, 0.5) is 0 Å². The number of hydrogen-bond donors (Lipinski definition) is 0. The van der Waals surface area contributed by atoms with E-state index in [2.05, 4.69) is 47.4 Å². The molecule has 0 unspecified atom stereocenters. The first-order chi connectivity index (χ1) is 14.7. The molecule has 0 radical (unpaired) electrons. The molecule has 146 valence electrons. The van der Waals surface area contributed by atoms with Gasteiger partial charge in [0.1, 0.15) is 4.70 Å². The summed E-state index contributed by atoms with van der Waals surface area (Å²) in [4.78, 5) is 17.5. The Morgan fingerprint density at radius 1 is 0.833 bits per heavy atom. The van der Waals surface area contributed by atoms with Crippen LogP contribution >= 0.6 is 22.9 Å². The number of aromatic nitrogens is 2. The summed E-state index contributed by atoms with van der Waals surface area (Å²) in [7, 11) is 0. The van der Waals surface area contributed by atoms with Crippen LogP contribution in [0.15, 0.2) is 96.1 Å². The second-order valence-corrected chi connectivity index (χ2v) is 8.56. The third-order valence-corrected chi connectivity index (χ3v) is 6.49. The van der Waals surface area contributed by atoms with E-state index in [-0.39, 0.29) is 5.56 Å². The van der Waals surface area contributed by atoms with Crippen molar-refractivity contribution in [2.75, 3.05) is 0 Å². The summed E-state index contributed by atoms with van der Waals surface area (Å²) in [5.74, 6) is 0. The van der Waals surface area contributed by atoms with Crippen LogP contribution in [0.2, 0.25) is 5.02 Å². The van der Waals surface area contributed by atoms with Gasteiger partial charge >= 0.3 is 0 Å². The van der Waals surface area contributed by atoms with E-state index >= 15 is 0 Å². The van der Waals surface area contributed by atoms with Crippen molar-refractivity contribution in [1.82, 2.24) is 9.55 Å². The van der Waals surface area contributed by atoms with Gasteiger partial charge in [-0.1, -0.05) is 78.3 Å². The van der Waals surface area contributed by atoms with E-state index < -0.39 is 0 Å². The topological polar surface area (TPSA) is 34.9 Å². The standard InChI is InChI=1S/C25H17ClN2OS/c26-21-12-6-17(7-13-21)15-28-16-27-25(29)24-22(28)14-23(30-24)20-10-8-19(9-11-20)18-4-2-1-3-5-18/h1-14,16H,15H2. The second kappa shape index (κ2) is 7.90. The summed E-state index contributed by atoms with van der Waals surface area (Å²) in [6.07, 6.45) is 1.62. The molecular formula is C25H17ClN2OS. The zero-order valence-electron chi connectivity index (χ0n) is 16.0. The number of nitrogens with zero attached hydrogens (tertiary/aromatic N) is 2. The third kappa shape index (κ3) is 3.67. The van der Waals surface area contributed by atoms with Gasteiger partial charge in [-0.2, -0.15) is 4.98 Å². The predicted molar refractivity (Wildman–Crippen MR) is 125 cm³/mol. The molecule has 0 fully saturated rings. The first-order valence-corrected chi connectivity index (χ1v) is 10.8. The monoisotopic (exact) mass is 428 g/mol.